The summed E-state index contributed by atoms with van der Waals surface area (Å²) >= 11 is 1.50. The van der Waals surface area contributed by atoms with E-state index in [-0.39, 0.29) is 11.7 Å². The first-order valence-electron chi connectivity index (χ1n) is 7.21. The lowest BCUT2D eigenvalue weighted by molar-refractivity contribution is 0.0950. The normalized spacial score (nSPS) is 10.5. The quantitative estimate of drug-likeness (QED) is 0.768. The molecule has 3 rings (SSSR count). The molecule has 0 saturated heterocycles. The molecule has 1 heterocycles. The summed E-state index contributed by atoms with van der Waals surface area (Å²) in [6, 6.07) is 14.4. The number of hydrogen-bond acceptors (Lipinski definition) is 4. The van der Waals surface area contributed by atoms with E-state index in [1.54, 1.807) is 12.1 Å². The number of aromatic hydroxyl groups is 1. The second-order valence-electron chi connectivity index (χ2n) is 5.17. The van der Waals surface area contributed by atoms with Crippen molar-refractivity contribution in [3.8, 4) is 17.0 Å². The number of carbonyl (C=O) groups is 1. The lowest BCUT2D eigenvalue weighted by Crippen LogP contribution is -2.23. The van der Waals surface area contributed by atoms with Crippen LogP contribution >= 0.6 is 11.3 Å². The number of carbonyl (C=O) groups excluding carboxylic acids is 1. The average Bonchev–Trinajstić information content (AvgIpc) is 3.03. The fraction of sp³-hybridized carbons (Fsp3) is 0.111. The van der Waals surface area contributed by atoms with E-state index in [0.717, 1.165) is 21.8 Å². The highest BCUT2D eigenvalue weighted by molar-refractivity contribution is 7.09. The Kier molecular flexibility index (Phi) is 4.39. The minimum Gasteiger partial charge on any atom is -0.508 e. The van der Waals surface area contributed by atoms with E-state index in [0.29, 0.717) is 12.1 Å². The van der Waals surface area contributed by atoms with Crippen LogP contribution in [0.1, 0.15) is 20.9 Å². The maximum atomic E-state index is 12.2. The Balaban J connectivity index is 1.67. The van der Waals surface area contributed by atoms with Gasteiger partial charge in [0.25, 0.3) is 5.91 Å². The molecule has 23 heavy (non-hydrogen) atoms. The van der Waals surface area contributed by atoms with Gasteiger partial charge in [-0.05, 0) is 42.8 Å². The van der Waals surface area contributed by atoms with Crippen molar-refractivity contribution in [2.75, 3.05) is 0 Å². The SMILES string of the molecule is Cc1ccccc1C(=O)NCc1nc(-c2ccc(O)cc2)cs1. The van der Waals surface area contributed by atoms with Crippen molar-refractivity contribution in [1.29, 1.82) is 0 Å². The third-order valence-electron chi connectivity index (χ3n) is 3.50. The van der Waals surface area contributed by atoms with Crippen LogP contribution < -0.4 is 5.32 Å². The van der Waals surface area contributed by atoms with Gasteiger partial charge in [0.2, 0.25) is 0 Å². The maximum absolute atomic E-state index is 12.2. The number of aryl methyl sites for hydroxylation is 1. The predicted octanol–water partition coefficient (Wildman–Crippen LogP) is 3.75. The highest BCUT2D eigenvalue weighted by Gasteiger charge is 2.10. The van der Waals surface area contributed by atoms with Crippen LogP contribution in [0.15, 0.2) is 53.9 Å². The summed E-state index contributed by atoms with van der Waals surface area (Å²) in [5.41, 5.74) is 3.42. The molecule has 3 aromatic rings. The summed E-state index contributed by atoms with van der Waals surface area (Å²) in [6.07, 6.45) is 0. The van der Waals surface area contributed by atoms with E-state index >= 15 is 0 Å². The zero-order chi connectivity index (χ0) is 16.2. The van der Waals surface area contributed by atoms with E-state index in [1.807, 2.05) is 48.7 Å². The van der Waals surface area contributed by atoms with Gasteiger partial charge in [-0.15, -0.1) is 11.3 Å². The van der Waals surface area contributed by atoms with E-state index in [4.69, 9.17) is 0 Å². The van der Waals surface area contributed by atoms with Gasteiger partial charge in [-0.2, -0.15) is 0 Å². The molecule has 0 spiro atoms. The molecule has 0 bridgehead atoms. The molecule has 116 valence electrons. The minimum atomic E-state index is -0.0931. The fourth-order valence-electron chi connectivity index (χ4n) is 2.24. The molecule has 1 amide bonds. The molecule has 2 aromatic carbocycles. The second kappa shape index (κ2) is 6.62. The Morgan fingerprint density at radius 1 is 1.17 bits per heavy atom. The smallest absolute Gasteiger partial charge is 0.251 e. The number of nitrogens with zero attached hydrogens (tertiary/aromatic N) is 1. The Labute approximate surface area is 138 Å². The lowest BCUT2D eigenvalue weighted by Gasteiger charge is -2.05. The Hall–Kier alpha value is -2.66. The molecule has 0 atom stereocenters. The molecule has 1 aromatic heterocycles. The minimum absolute atomic E-state index is 0.0931. The number of nitrogens with one attached hydrogen (secondary N) is 1. The molecule has 0 unspecified atom stereocenters. The third-order valence-corrected chi connectivity index (χ3v) is 4.35. The summed E-state index contributed by atoms with van der Waals surface area (Å²) in [5.74, 6) is 0.138. The number of rotatable bonds is 4. The molecule has 5 heteroatoms. The van der Waals surface area contributed by atoms with Crippen molar-refractivity contribution in [3.05, 3.63) is 70.0 Å². The van der Waals surface area contributed by atoms with Gasteiger partial charge in [-0.1, -0.05) is 18.2 Å². The zero-order valence-corrected chi connectivity index (χ0v) is 13.4. The first kappa shape index (κ1) is 15.2. The van der Waals surface area contributed by atoms with Gasteiger partial charge in [0, 0.05) is 16.5 Å². The van der Waals surface area contributed by atoms with Crippen LogP contribution in [0.5, 0.6) is 5.75 Å². The molecular formula is C18H16N2O2S. The largest absolute Gasteiger partial charge is 0.508 e. The van der Waals surface area contributed by atoms with Crippen LogP contribution in [0, 0.1) is 6.92 Å². The maximum Gasteiger partial charge on any atom is 0.251 e. The molecule has 4 nitrogen and oxygen atoms in total. The molecule has 0 radical (unpaired) electrons. The lowest BCUT2D eigenvalue weighted by atomic mass is 10.1. The molecule has 0 aliphatic carbocycles. The van der Waals surface area contributed by atoms with Gasteiger partial charge in [0.1, 0.15) is 10.8 Å². The van der Waals surface area contributed by atoms with E-state index in [1.165, 1.54) is 11.3 Å². The first-order valence-corrected chi connectivity index (χ1v) is 8.09. The van der Waals surface area contributed by atoms with Gasteiger partial charge >= 0.3 is 0 Å². The van der Waals surface area contributed by atoms with E-state index in [2.05, 4.69) is 10.3 Å². The van der Waals surface area contributed by atoms with Crippen molar-refractivity contribution in [2.24, 2.45) is 0 Å². The molecule has 0 aliphatic heterocycles. The second-order valence-corrected chi connectivity index (χ2v) is 6.11. The number of benzene rings is 2. The highest BCUT2D eigenvalue weighted by atomic mass is 32.1. The van der Waals surface area contributed by atoms with Crippen LogP contribution in [-0.2, 0) is 6.54 Å². The van der Waals surface area contributed by atoms with Crippen LogP contribution in [-0.4, -0.2) is 16.0 Å². The number of aromatic nitrogens is 1. The monoisotopic (exact) mass is 324 g/mol. The third kappa shape index (κ3) is 3.57. The van der Waals surface area contributed by atoms with Crippen molar-refractivity contribution in [2.45, 2.75) is 13.5 Å². The van der Waals surface area contributed by atoms with Crippen LogP contribution in [0.2, 0.25) is 0 Å². The Bertz CT molecular complexity index is 825. The van der Waals surface area contributed by atoms with Crippen molar-refractivity contribution in [3.63, 3.8) is 0 Å². The number of amides is 1. The average molecular weight is 324 g/mol. The molecule has 0 saturated carbocycles. The van der Waals surface area contributed by atoms with Crippen LogP contribution in [0.25, 0.3) is 11.3 Å². The molecular weight excluding hydrogens is 308 g/mol. The summed E-state index contributed by atoms with van der Waals surface area (Å²) in [7, 11) is 0. The summed E-state index contributed by atoms with van der Waals surface area (Å²) < 4.78 is 0. The topological polar surface area (TPSA) is 62.2 Å². The van der Waals surface area contributed by atoms with Crippen LogP contribution in [0.4, 0.5) is 0 Å². The van der Waals surface area contributed by atoms with Gasteiger partial charge in [-0.25, -0.2) is 4.98 Å². The van der Waals surface area contributed by atoms with Crippen molar-refractivity contribution < 1.29 is 9.90 Å². The van der Waals surface area contributed by atoms with Gasteiger partial charge in [0.15, 0.2) is 0 Å². The molecule has 0 aliphatic rings. The van der Waals surface area contributed by atoms with Gasteiger partial charge in [0.05, 0.1) is 12.2 Å². The Morgan fingerprint density at radius 3 is 2.65 bits per heavy atom. The fourth-order valence-corrected chi connectivity index (χ4v) is 2.98. The van der Waals surface area contributed by atoms with Crippen LogP contribution in [0.3, 0.4) is 0 Å². The van der Waals surface area contributed by atoms with Gasteiger partial charge < -0.3 is 10.4 Å². The van der Waals surface area contributed by atoms with Crippen molar-refractivity contribution >= 4 is 17.2 Å². The number of hydrogen-bond donors (Lipinski definition) is 2. The summed E-state index contributed by atoms with van der Waals surface area (Å²) in [6.45, 7) is 2.32. The van der Waals surface area contributed by atoms with E-state index < -0.39 is 0 Å². The standard InChI is InChI=1S/C18H16N2O2S/c1-12-4-2-3-5-15(12)18(22)19-10-17-20-16(11-23-17)13-6-8-14(21)9-7-13/h2-9,11,21H,10H2,1H3,(H,19,22). The number of phenols is 1. The predicted molar refractivity (Wildman–Crippen MR) is 91.6 cm³/mol. The number of thiazole rings is 1. The zero-order valence-electron chi connectivity index (χ0n) is 12.6. The molecule has 2 N–H and O–H groups in total. The van der Waals surface area contributed by atoms with Crippen molar-refractivity contribution in [1.82, 2.24) is 10.3 Å². The van der Waals surface area contributed by atoms with E-state index in [9.17, 15) is 9.90 Å². The summed E-state index contributed by atoms with van der Waals surface area (Å²) in [4.78, 5) is 16.7. The number of phenolic OH excluding ortho intramolecular Hbond substituents is 1. The Morgan fingerprint density at radius 2 is 1.91 bits per heavy atom. The summed E-state index contributed by atoms with van der Waals surface area (Å²) in [5, 5.41) is 15.0. The molecule has 0 fully saturated rings. The first-order chi connectivity index (χ1) is 11.1. The highest BCUT2D eigenvalue weighted by Crippen LogP contribution is 2.23. The van der Waals surface area contributed by atoms with Gasteiger partial charge in [-0.3, -0.25) is 4.79 Å².